The van der Waals surface area contributed by atoms with E-state index in [1.165, 1.54) is 21.0 Å². The summed E-state index contributed by atoms with van der Waals surface area (Å²) in [6.45, 7) is 28.6. The molecular formula is C68H92O20. The molecular weight excluding hydrogens is 1140 g/mol. The van der Waals surface area contributed by atoms with E-state index in [1.807, 2.05) is 13.8 Å². The molecule has 18 atom stereocenters. The molecule has 5 N–H and O–H groups in total. The van der Waals surface area contributed by atoms with Crippen LogP contribution in [0.4, 0.5) is 0 Å². The van der Waals surface area contributed by atoms with Gasteiger partial charge in [-0.05, 0) is 95.0 Å². The number of carbonyl (C=O) groups is 6. The predicted molar refractivity (Wildman–Crippen MR) is 318 cm³/mol. The van der Waals surface area contributed by atoms with Gasteiger partial charge in [0.05, 0.1) is 84.3 Å². The van der Waals surface area contributed by atoms with Crippen LogP contribution in [0.25, 0.3) is 0 Å². The third-order valence-electron chi connectivity index (χ3n) is 21.7. The lowest BCUT2D eigenvalue weighted by Crippen LogP contribution is -2.81. The van der Waals surface area contributed by atoms with Crippen molar-refractivity contribution in [1.29, 1.82) is 0 Å². The summed E-state index contributed by atoms with van der Waals surface area (Å²) in [5.74, 6) is -7.48. The quantitative estimate of drug-likeness (QED) is 0.0513. The summed E-state index contributed by atoms with van der Waals surface area (Å²) in [5, 5.41) is 60.0. The minimum Gasteiger partial charge on any atom is -0.502 e. The molecule has 20 nitrogen and oxygen atoms in total. The fraction of sp³-hybridized carbons (Fsp3) is 0.647. The van der Waals surface area contributed by atoms with Crippen molar-refractivity contribution >= 4 is 35.4 Å². The highest BCUT2D eigenvalue weighted by atomic mass is 16.7. The van der Waals surface area contributed by atoms with E-state index in [2.05, 4.69) is 11.3 Å². The van der Waals surface area contributed by atoms with Crippen molar-refractivity contribution in [1.82, 2.24) is 0 Å². The van der Waals surface area contributed by atoms with Crippen LogP contribution in [0.2, 0.25) is 0 Å². The molecule has 484 valence electrons. The van der Waals surface area contributed by atoms with Gasteiger partial charge in [0.1, 0.15) is 47.2 Å². The van der Waals surface area contributed by atoms with Crippen molar-refractivity contribution in [2.24, 2.45) is 45.3 Å². The van der Waals surface area contributed by atoms with E-state index < -0.39 is 146 Å². The number of ketones is 2. The minimum absolute atomic E-state index is 0.0283. The van der Waals surface area contributed by atoms with Crippen LogP contribution in [-0.2, 0) is 61.8 Å². The highest BCUT2D eigenvalue weighted by Gasteiger charge is 2.80. The number of aliphatic hydroxyl groups excluding tert-OH is 3. The number of rotatable bonds is 10. The maximum atomic E-state index is 15.1. The zero-order valence-corrected chi connectivity index (χ0v) is 54.0. The van der Waals surface area contributed by atoms with E-state index in [4.69, 9.17) is 37.9 Å². The molecule has 4 saturated carbocycles. The van der Waals surface area contributed by atoms with Crippen LogP contribution in [0.5, 0.6) is 0 Å². The number of carbonyl (C=O) groups excluding carboxylic acids is 6. The van der Waals surface area contributed by atoms with Gasteiger partial charge in [-0.25, -0.2) is 9.59 Å². The number of allylic oxidation sites excluding steroid dienone is 1. The second-order valence-corrected chi connectivity index (χ2v) is 27.6. The molecule has 10 rings (SSSR count). The first-order valence-corrected chi connectivity index (χ1v) is 30.3. The summed E-state index contributed by atoms with van der Waals surface area (Å²) < 4.78 is 53.2. The number of hydrogen-bond acceptors (Lipinski definition) is 20. The molecule has 2 saturated heterocycles. The first kappa shape index (κ1) is 68.2. The van der Waals surface area contributed by atoms with E-state index in [0.29, 0.717) is 22.3 Å². The van der Waals surface area contributed by atoms with Crippen molar-refractivity contribution in [2.75, 3.05) is 27.4 Å². The summed E-state index contributed by atoms with van der Waals surface area (Å²) in [6, 6.07) is 16.6. The van der Waals surface area contributed by atoms with Crippen LogP contribution < -0.4 is 0 Å². The molecule has 0 radical (unpaired) electrons. The Labute approximate surface area is 516 Å². The molecule has 88 heavy (non-hydrogen) atoms. The van der Waals surface area contributed by atoms with Gasteiger partial charge in [0, 0.05) is 69.3 Å². The Morgan fingerprint density at radius 2 is 0.977 bits per heavy atom. The van der Waals surface area contributed by atoms with Gasteiger partial charge >= 0.3 is 23.9 Å². The molecule has 2 aromatic carbocycles. The monoisotopic (exact) mass is 1230 g/mol. The van der Waals surface area contributed by atoms with Gasteiger partial charge in [-0.1, -0.05) is 84.5 Å². The van der Waals surface area contributed by atoms with Crippen molar-refractivity contribution in [2.45, 2.75) is 207 Å². The smallest absolute Gasteiger partial charge is 0.338 e. The molecule has 2 aliphatic heterocycles. The fourth-order valence-corrected chi connectivity index (χ4v) is 16.9. The second-order valence-electron chi connectivity index (χ2n) is 27.6. The third-order valence-corrected chi connectivity index (χ3v) is 21.7. The molecule has 2 aromatic rings. The van der Waals surface area contributed by atoms with Crippen molar-refractivity contribution in [3.05, 3.63) is 106 Å². The number of methoxy groups -OCH3 is 2. The van der Waals surface area contributed by atoms with Crippen LogP contribution in [0.1, 0.15) is 150 Å². The lowest BCUT2D eigenvalue weighted by atomic mass is 9.43. The van der Waals surface area contributed by atoms with E-state index in [9.17, 15) is 49.5 Å². The van der Waals surface area contributed by atoms with Gasteiger partial charge in [0.25, 0.3) is 0 Å². The number of aliphatic hydroxyl groups is 5. The van der Waals surface area contributed by atoms with Gasteiger partial charge in [-0.2, -0.15) is 0 Å². The number of benzene rings is 2. The molecule has 6 aliphatic carbocycles. The van der Waals surface area contributed by atoms with Crippen LogP contribution >= 0.6 is 0 Å². The number of esters is 4. The van der Waals surface area contributed by atoms with Crippen molar-refractivity contribution in [3.63, 3.8) is 0 Å². The van der Waals surface area contributed by atoms with Crippen LogP contribution in [-0.4, -0.2) is 165 Å². The highest BCUT2D eigenvalue weighted by Crippen LogP contribution is 2.67. The van der Waals surface area contributed by atoms with Gasteiger partial charge in [0.2, 0.25) is 0 Å². The number of hydrogen-bond donors (Lipinski definition) is 5. The predicted octanol–water partition coefficient (Wildman–Crippen LogP) is 7.29. The normalized spacial score (nSPS) is 39.2. The Morgan fingerprint density at radius 1 is 0.614 bits per heavy atom. The minimum atomic E-state index is -1.91. The Kier molecular flexibility index (Phi) is 18.5. The summed E-state index contributed by atoms with van der Waals surface area (Å²) in [6.07, 6.45) is -8.84. The molecule has 20 heteroatoms. The number of ether oxygens (including phenoxy) is 9. The summed E-state index contributed by atoms with van der Waals surface area (Å²) in [7, 11) is 3.10. The Morgan fingerprint density at radius 3 is 1.32 bits per heavy atom. The van der Waals surface area contributed by atoms with E-state index >= 15 is 4.79 Å². The van der Waals surface area contributed by atoms with Gasteiger partial charge in [-0.15, -0.1) is 0 Å². The molecule has 2 heterocycles. The van der Waals surface area contributed by atoms with E-state index in [0.717, 1.165) is 5.76 Å². The number of Topliss-reactive ketones (excluding diaryl/α,β-unsaturated/α-hetero) is 2. The Balaban J connectivity index is 0.000000213. The third kappa shape index (κ3) is 10.6. The molecule has 2 unspecified atom stereocenters. The maximum Gasteiger partial charge on any atom is 0.338 e. The average molecular weight is 1230 g/mol. The summed E-state index contributed by atoms with van der Waals surface area (Å²) in [5.41, 5.74) is -9.27. The van der Waals surface area contributed by atoms with E-state index in [-0.39, 0.29) is 61.6 Å². The highest BCUT2D eigenvalue weighted by molar-refractivity contribution is 5.94. The lowest BCUT2D eigenvalue weighted by molar-refractivity contribution is -0.363. The van der Waals surface area contributed by atoms with E-state index in [1.54, 1.807) is 144 Å². The van der Waals surface area contributed by atoms with Crippen molar-refractivity contribution in [3.8, 4) is 0 Å². The number of fused-ring (bicyclic) bond motifs is 10. The zero-order valence-electron chi connectivity index (χ0n) is 54.0. The molecule has 0 amide bonds. The van der Waals surface area contributed by atoms with Crippen LogP contribution in [0.3, 0.4) is 0 Å². The molecule has 0 aromatic heterocycles. The average Bonchev–Trinajstić information content (AvgIpc) is 0.700. The molecule has 6 fully saturated rings. The Hall–Kier alpha value is -5.68. The topological polar surface area (TPSA) is 287 Å². The van der Waals surface area contributed by atoms with Gasteiger partial charge in [-0.3, -0.25) is 19.2 Å². The zero-order chi connectivity index (χ0) is 65.6. The Bertz CT molecular complexity index is 3130. The van der Waals surface area contributed by atoms with Gasteiger partial charge in [0.15, 0.2) is 17.0 Å². The SMILES string of the molecule is C=C(C)OC.CC(=O)O[C@@]12CO[C@@H]1C[C@H](O)[C@@]1(C)C(=O)[C@H](C)C3=C(C)[C@@H](O)C[C@@](O)([C@@H](OC(=O)c4ccccc4)C12)C3(C)C.COC(C)(C)O[C@H]1C[C@H]2OC[C@@]2(OC(C)=O)C2[C@H](OC(=O)c3ccccc3)[C@]3(O)C[C@H](O)C(C)=C([C@@H](C)C(=O)[C@@]21C)C3(C)C. The summed E-state index contributed by atoms with van der Waals surface area (Å²) >= 11 is 0. The lowest BCUT2D eigenvalue weighted by Gasteiger charge is -2.68. The maximum absolute atomic E-state index is 15.1. The van der Waals surface area contributed by atoms with Crippen LogP contribution in [0, 0.1) is 45.3 Å². The first-order valence-electron chi connectivity index (χ1n) is 30.3. The van der Waals surface area contributed by atoms with Crippen molar-refractivity contribution < 1.29 is 96.9 Å². The first-order chi connectivity index (χ1) is 40.8. The summed E-state index contributed by atoms with van der Waals surface area (Å²) in [4.78, 5) is 82.5. The standard InChI is InChI=1S/C34H46O10.C30H38O9.C4H8O/c1-18-22(36)16-34(39)28(42-29(38)21-13-11-10-12-14-21)26-32(8,27(37)19(2)25(18)30(34,4)5)23(44-31(6,7)40-9)15-24-33(26,17-41-24)43-20(3)35;1-15-19(32)13-30(36)25(38-26(35)18-10-8-7-9-11-18)23-28(6,24(34)16(2)22(15)27(30,4)5)20(33)12-21-29(23,14-37-21)39-17(3)31;1-4(2)5-3/h10-14,19,22-24,26,28,36,39H,15-17H2,1-9H3;7-11,16,19-21,23,25,32-33,36H,12-14H2,1-6H3;1H2,2-3H3/t19-,22+,23+,24-,26?,28+,32-,33+,34-;16-,19+,20+,21-,23?,25+,28-,29+,30-;/m11./s1. The van der Waals surface area contributed by atoms with Gasteiger partial charge < -0.3 is 68.2 Å². The largest absolute Gasteiger partial charge is 0.502 e. The fourth-order valence-electron chi connectivity index (χ4n) is 16.9. The molecule has 8 aliphatic rings. The second kappa shape index (κ2) is 23.8. The molecule has 4 bridgehead atoms. The van der Waals surface area contributed by atoms with Crippen LogP contribution in [0.15, 0.2) is 95.3 Å². The molecule has 0 spiro atoms.